The second-order valence-corrected chi connectivity index (χ2v) is 9.79. The van der Waals surface area contributed by atoms with Crippen molar-refractivity contribution in [2.24, 2.45) is 0 Å². The third-order valence-electron chi connectivity index (χ3n) is 5.22. The quantitative estimate of drug-likeness (QED) is 0.247. The number of nitrogens with zero attached hydrogens (tertiary/aromatic N) is 2. The van der Waals surface area contributed by atoms with E-state index in [1.54, 1.807) is 0 Å². The standard InChI is InChI=1S/C27H22N4OS2/c1-18-23(19-11-5-2-6-12-19)29-27(34-18)28-22(32)17-33-26-30-24(20-13-7-3-8-14-20)25(31-26)21-15-9-4-10-16-21/h2-16H,17H2,1H3,(H,30,31)(H,28,29,32). The SMILES string of the molecule is Cc1sc(NC(=O)CSc2nc(-c3ccccc3)c(-c3ccccc3)[nH]2)nc1-c1ccccc1. The minimum absolute atomic E-state index is 0.114. The molecule has 0 aliphatic rings. The number of hydrogen-bond donors (Lipinski definition) is 2. The van der Waals surface area contributed by atoms with E-state index in [4.69, 9.17) is 4.98 Å². The summed E-state index contributed by atoms with van der Waals surface area (Å²) in [5.74, 6) is 0.118. The van der Waals surface area contributed by atoms with E-state index in [1.165, 1.54) is 23.1 Å². The number of carbonyl (C=O) groups excluding carboxylic acids is 1. The Labute approximate surface area is 206 Å². The first-order valence-electron chi connectivity index (χ1n) is 10.8. The first kappa shape index (κ1) is 22.1. The van der Waals surface area contributed by atoms with Gasteiger partial charge in [-0.3, -0.25) is 4.79 Å². The molecule has 168 valence electrons. The molecule has 3 aromatic carbocycles. The van der Waals surface area contributed by atoms with Gasteiger partial charge in [-0.2, -0.15) is 0 Å². The molecule has 0 aliphatic carbocycles. The van der Waals surface area contributed by atoms with Crippen LogP contribution in [0.15, 0.2) is 96.2 Å². The van der Waals surface area contributed by atoms with E-state index in [-0.39, 0.29) is 11.7 Å². The Balaban J connectivity index is 1.31. The fraction of sp³-hybridized carbons (Fsp3) is 0.0741. The molecule has 0 unspecified atom stereocenters. The summed E-state index contributed by atoms with van der Waals surface area (Å²) >= 11 is 2.86. The lowest BCUT2D eigenvalue weighted by Crippen LogP contribution is -2.13. The van der Waals surface area contributed by atoms with Crippen molar-refractivity contribution in [3.8, 4) is 33.8 Å². The lowest BCUT2D eigenvalue weighted by atomic mass is 10.1. The molecule has 5 rings (SSSR count). The van der Waals surface area contributed by atoms with Crippen LogP contribution in [0.1, 0.15) is 4.88 Å². The van der Waals surface area contributed by atoms with Gasteiger partial charge in [0.2, 0.25) is 5.91 Å². The number of imidazole rings is 1. The van der Waals surface area contributed by atoms with Crippen LogP contribution in [0.2, 0.25) is 0 Å². The molecule has 5 nitrogen and oxygen atoms in total. The lowest BCUT2D eigenvalue weighted by Gasteiger charge is -2.02. The zero-order chi connectivity index (χ0) is 23.3. The van der Waals surface area contributed by atoms with E-state index in [0.29, 0.717) is 10.3 Å². The van der Waals surface area contributed by atoms with Crippen LogP contribution in [0.25, 0.3) is 33.8 Å². The molecule has 0 fully saturated rings. The Hall–Kier alpha value is -3.68. The molecule has 1 amide bonds. The number of amides is 1. The Morgan fingerprint density at radius 3 is 2.00 bits per heavy atom. The lowest BCUT2D eigenvalue weighted by molar-refractivity contribution is -0.113. The van der Waals surface area contributed by atoms with Crippen molar-refractivity contribution >= 4 is 34.1 Å². The number of nitrogens with one attached hydrogen (secondary N) is 2. The number of aromatic nitrogens is 3. The number of carbonyl (C=O) groups is 1. The van der Waals surface area contributed by atoms with Crippen LogP contribution >= 0.6 is 23.1 Å². The molecule has 0 aliphatic heterocycles. The largest absolute Gasteiger partial charge is 0.332 e. The smallest absolute Gasteiger partial charge is 0.236 e. The molecule has 0 saturated carbocycles. The van der Waals surface area contributed by atoms with Gasteiger partial charge in [-0.15, -0.1) is 11.3 Å². The van der Waals surface area contributed by atoms with Crippen LogP contribution < -0.4 is 5.32 Å². The first-order valence-corrected chi connectivity index (χ1v) is 12.6. The van der Waals surface area contributed by atoms with Gasteiger partial charge in [0.05, 0.1) is 22.8 Å². The maximum atomic E-state index is 12.7. The van der Waals surface area contributed by atoms with Crippen molar-refractivity contribution in [1.82, 2.24) is 15.0 Å². The third-order valence-corrected chi connectivity index (χ3v) is 6.98. The first-order chi connectivity index (χ1) is 16.7. The Morgan fingerprint density at radius 1 is 0.824 bits per heavy atom. The Bertz CT molecular complexity index is 1340. The van der Waals surface area contributed by atoms with Crippen molar-refractivity contribution in [2.75, 3.05) is 11.1 Å². The van der Waals surface area contributed by atoms with Crippen molar-refractivity contribution in [3.63, 3.8) is 0 Å². The average Bonchev–Trinajstić information content (AvgIpc) is 3.48. The maximum Gasteiger partial charge on any atom is 0.236 e. The van der Waals surface area contributed by atoms with Gasteiger partial charge in [0.1, 0.15) is 0 Å². The number of aryl methyl sites for hydroxylation is 1. The maximum absolute atomic E-state index is 12.7. The van der Waals surface area contributed by atoms with Gasteiger partial charge in [0.15, 0.2) is 10.3 Å². The summed E-state index contributed by atoms with van der Waals surface area (Å²) in [6.07, 6.45) is 0. The van der Waals surface area contributed by atoms with Gasteiger partial charge in [-0.05, 0) is 6.92 Å². The molecule has 5 aromatic rings. The Morgan fingerprint density at radius 2 is 1.38 bits per heavy atom. The normalized spacial score (nSPS) is 10.9. The topological polar surface area (TPSA) is 70.7 Å². The minimum atomic E-state index is -0.114. The number of H-pyrrole nitrogens is 1. The molecule has 0 saturated heterocycles. The zero-order valence-corrected chi connectivity index (χ0v) is 20.1. The fourth-order valence-corrected chi connectivity index (χ4v) is 5.16. The summed E-state index contributed by atoms with van der Waals surface area (Å²) in [5.41, 5.74) is 5.84. The molecule has 7 heteroatoms. The predicted molar refractivity (Wildman–Crippen MR) is 141 cm³/mol. The molecule has 2 aromatic heterocycles. The number of aromatic amines is 1. The highest BCUT2D eigenvalue weighted by Crippen LogP contribution is 2.33. The van der Waals surface area contributed by atoms with Gasteiger partial charge in [0.25, 0.3) is 0 Å². The minimum Gasteiger partial charge on any atom is -0.332 e. The van der Waals surface area contributed by atoms with Gasteiger partial charge < -0.3 is 10.3 Å². The molecular formula is C27H22N4OS2. The highest BCUT2D eigenvalue weighted by molar-refractivity contribution is 7.99. The highest BCUT2D eigenvalue weighted by atomic mass is 32.2. The van der Waals surface area contributed by atoms with Crippen molar-refractivity contribution in [2.45, 2.75) is 12.1 Å². The van der Waals surface area contributed by atoms with E-state index in [1.807, 2.05) is 85.8 Å². The number of thioether (sulfide) groups is 1. The molecule has 0 spiro atoms. The van der Waals surface area contributed by atoms with E-state index in [0.717, 1.165) is 38.6 Å². The second-order valence-electron chi connectivity index (χ2n) is 7.62. The number of rotatable bonds is 7. The summed E-state index contributed by atoms with van der Waals surface area (Å²) in [4.78, 5) is 26.6. The monoisotopic (exact) mass is 482 g/mol. The number of hydrogen-bond acceptors (Lipinski definition) is 5. The molecule has 34 heavy (non-hydrogen) atoms. The molecule has 0 atom stereocenters. The number of anilines is 1. The van der Waals surface area contributed by atoms with Crippen LogP contribution in [-0.4, -0.2) is 26.6 Å². The van der Waals surface area contributed by atoms with Crippen molar-refractivity contribution in [3.05, 3.63) is 95.9 Å². The van der Waals surface area contributed by atoms with Crippen molar-refractivity contribution < 1.29 is 4.79 Å². The third kappa shape index (κ3) is 4.95. The van der Waals surface area contributed by atoms with Crippen LogP contribution in [0.3, 0.4) is 0 Å². The van der Waals surface area contributed by atoms with Gasteiger partial charge in [-0.25, -0.2) is 9.97 Å². The molecule has 0 radical (unpaired) electrons. The van der Waals surface area contributed by atoms with Crippen molar-refractivity contribution in [1.29, 1.82) is 0 Å². The van der Waals surface area contributed by atoms with E-state index in [2.05, 4.69) is 27.4 Å². The van der Waals surface area contributed by atoms with Crippen LogP contribution in [0, 0.1) is 6.92 Å². The highest BCUT2D eigenvalue weighted by Gasteiger charge is 2.16. The van der Waals surface area contributed by atoms with E-state index < -0.39 is 0 Å². The summed E-state index contributed by atoms with van der Waals surface area (Å²) in [6, 6.07) is 30.2. The predicted octanol–water partition coefficient (Wildman–Crippen LogP) is 6.91. The summed E-state index contributed by atoms with van der Waals surface area (Å²) in [5, 5.41) is 4.24. The van der Waals surface area contributed by atoms with Crippen LogP contribution in [0.4, 0.5) is 5.13 Å². The molecular weight excluding hydrogens is 460 g/mol. The summed E-state index contributed by atoms with van der Waals surface area (Å²) in [6.45, 7) is 2.02. The van der Waals surface area contributed by atoms with Crippen LogP contribution in [-0.2, 0) is 4.79 Å². The number of thiazole rings is 1. The average molecular weight is 483 g/mol. The summed E-state index contributed by atoms with van der Waals surface area (Å²) in [7, 11) is 0. The molecule has 2 N–H and O–H groups in total. The van der Waals surface area contributed by atoms with E-state index >= 15 is 0 Å². The van der Waals surface area contributed by atoms with E-state index in [9.17, 15) is 4.79 Å². The Kier molecular flexibility index (Phi) is 6.56. The second kappa shape index (κ2) is 10.1. The molecule has 0 bridgehead atoms. The van der Waals surface area contributed by atoms with Gasteiger partial charge in [-0.1, -0.05) is 103 Å². The van der Waals surface area contributed by atoms with Gasteiger partial charge in [0, 0.05) is 21.6 Å². The van der Waals surface area contributed by atoms with Crippen LogP contribution in [0.5, 0.6) is 0 Å². The zero-order valence-electron chi connectivity index (χ0n) is 18.5. The fourth-order valence-electron chi connectivity index (χ4n) is 3.64. The van der Waals surface area contributed by atoms with Gasteiger partial charge >= 0.3 is 0 Å². The summed E-state index contributed by atoms with van der Waals surface area (Å²) < 4.78 is 0. The number of benzene rings is 3. The molecule has 2 heterocycles.